The SMILES string of the molecule is CC(C)(C)/C(=C(\I)C#N)c1ccccc1. The number of benzene rings is 1. The highest BCUT2D eigenvalue weighted by molar-refractivity contribution is 14.1. The van der Waals surface area contributed by atoms with Crippen molar-refractivity contribution in [3.05, 3.63) is 39.5 Å². The highest BCUT2D eigenvalue weighted by atomic mass is 127. The second-order valence-electron chi connectivity index (χ2n) is 4.42. The van der Waals surface area contributed by atoms with Crippen LogP contribution in [0, 0.1) is 16.7 Å². The van der Waals surface area contributed by atoms with Crippen molar-refractivity contribution in [2.45, 2.75) is 20.8 Å². The summed E-state index contributed by atoms with van der Waals surface area (Å²) in [7, 11) is 0. The summed E-state index contributed by atoms with van der Waals surface area (Å²) in [5, 5.41) is 9.01. The van der Waals surface area contributed by atoms with Crippen molar-refractivity contribution in [3.8, 4) is 6.07 Å². The Morgan fingerprint density at radius 2 is 1.73 bits per heavy atom. The number of nitriles is 1. The monoisotopic (exact) mass is 311 g/mol. The first kappa shape index (κ1) is 12.3. The van der Waals surface area contributed by atoms with Gasteiger partial charge >= 0.3 is 0 Å². The molecule has 0 saturated carbocycles. The third-order valence-corrected chi connectivity index (χ3v) is 2.91. The molecule has 1 aromatic carbocycles. The van der Waals surface area contributed by atoms with Crippen LogP contribution in [0.3, 0.4) is 0 Å². The molecule has 0 N–H and O–H groups in total. The van der Waals surface area contributed by atoms with Gasteiger partial charge in [0.15, 0.2) is 0 Å². The minimum atomic E-state index is -0.00634. The van der Waals surface area contributed by atoms with Gasteiger partial charge in [0.25, 0.3) is 0 Å². The van der Waals surface area contributed by atoms with E-state index in [-0.39, 0.29) is 5.41 Å². The van der Waals surface area contributed by atoms with E-state index in [9.17, 15) is 0 Å². The van der Waals surface area contributed by atoms with Gasteiger partial charge in [-0.25, -0.2) is 0 Å². The van der Waals surface area contributed by atoms with Crippen molar-refractivity contribution in [3.63, 3.8) is 0 Å². The number of halogens is 1. The average Bonchev–Trinajstić information content (AvgIpc) is 2.17. The number of hydrogen-bond acceptors (Lipinski definition) is 1. The van der Waals surface area contributed by atoms with Crippen molar-refractivity contribution in [1.29, 1.82) is 5.26 Å². The zero-order valence-corrected chi connectivity index (χ0v) is 11.4. The number of hydrogen-bond donors (Lipinski definition) is 0. The molecular formula is C13H14IN. The maximum atomic E-state index is 9.01. The van der Waals surface area contributed by atoms with Crippen molar-refractivity contribution in [2.24, 2.45) is 5.41 Å². The van der Waals surface area contributed by atoms with Gasteiger partial charge in [-0.15, -0.1) is 0 Å². The van der Waals surface area contributed by atoms with Gasteiger partial charge in [-0.05, 0) is 39.1 Å². The van der Waals surface area contributed by atoms with Crippen LogP contribution < -0.4 is 0 Å². The van der Waals surface area contributed by atoms with E-state index >= 15 is 0 Å². The zero-order chi connectivity index (χ0) is 11.5. The lowest BCUT2D eigenvalue weighted by Crippen LogP contribution is -2.09. The molecule has 0 fully saturated rings. The molecule has 0 spiro atoms. The molecule has 0 saturated heterocycles. The van der Waals surface area contributed by atoms with E-state index in [0.717, 1.165) is 14.7 Å². The van der Waals surface area contributed by atoms with Gasteiger partial charge in [0.1, 0.15) is 6.07 Å². The Kier molecular flexibility index (Phi) is 3.92. The van der Waals surface area contributed by atoms with Crippen LogP contribution in [-0.2, 0) is 0 Å². The van der Waals surface area contributed by atoms with Gasteiger partial charge < -0.3 is 0 Å². The van der Waals surface area contributed by atoms with Gasteiger partial charge in [0.2, 0.25) is 0 Å². The van der Waals surface area contributed by atoms with Gasteiger partial charge in [-0.1, -0.05) is 51.1 Å². The van der Waals surface area contributed by atoms with E-state index in [4.69, 9.17) is 5.26 Å². The van der Waals surface area contributed by atoms with Gasteiger partial charge in [-0.3, -0.25) is 0 Å². The van der Waals surface area contributed by atoms with E-state index in [2.05, 4.69) is 61.6 Å². The lowest BCUT2D eigenvalue weighted by Gasteiger charge is -2.23. The van der Waals surface area contributed by atoms with Crippen LogP contribution in [0.4, 0.5) is 0 Å². The van der Waals surface area contributed by atoms with E-state index in [0.29, 0.717) is 0 Å². The molecule has 0 aliphatic rings. The highest BCUT2D eigenvalue weighted by Gasteiger charge is 2.21. The number of allylic oxidation sites excluding steroid dienone is 2. The summed E-state index contributed by atoms with van der Waals surface area (Å²) in [5.74, 6) is 0. The van der Waals surface area contributed by atoms with Gasteiger partial charge in [-0.2, -0.15) is 5.26 Å². The minimum absolute atomic E-state index is 0.00634. The molecule has 0 amide bonds. The molecule has 0 aromatic heterocycles. The molecule has 0 aliphatic heterocycles. The summed E-state index contributed by atoms with van der Waals surface area (Å²) in [6, 6.07) is 12.3. The Balaban J connectivity index is 3.35. The van der Waals surface area contributed by atoms with Crippen LogP contribution in [0.5, 0.6) is 0 Å². The fourth-order valence-electron chi connectivity index (χ4n) is 1.55. The average molecular weight is 311 g/mol. The van der Waals surface area contributed by atoms with Crippen LogP contribution in [0.2, 0.25) is 0 Å². The number of rotatable bonds is 1. The molecule has 0 radical (unpaired) electrons. The Labute approximate surface area is 105 Å². The second kappa shape index (κ2) is 4.80. The molecule has 1 rings (SSSR count). The summed E-state index contributed by atoms with van der Waals surface area (Å²) < 4.78 is 0.770. The summed E-state index contributed by atoms with van der Waals surface area (Å²) in [6.07, 6.45) is 0. The molecule has 0 atom stereocenters. The third-order valence-electron chi connectivity index (χ3n) is 2.13. The van der Waals surface area contributed by atoms with Crippen LogP contribution in [0.15, 0.2) is 33.9 Å². The lowest BCUT2D eigenvalue weighted by atomic mass is 9.82. The van der Waals surface area contributed by atoms with Gasteiger partial charge in [0, 0.05) is 0 Å². The first-order valence-electron chi connectivity index (χ1n) is 4.82. The van der Waals surface area contributed by atoms with Crippen LogP contribution in [0.25, 0.3) is 5.57 Å². The molecule has 15 heavy (non-hydrogen) atoms. The summed E-state index contributed by atoms with van der Waals surface area (Å²) in [5.41, 5.74) is 2.25. The molecule has 1 nitrogen and oxygen atoms in total. The topological polar surface area (TPSA) is 23.8 Å². The molecule has 0 bridgehead atoms. The lowest BCUT2D eigenvalue weighted by molar-refractivity contribution is 0.566. The molecule has 78 valence electrons. The standard InChI is InChI=1S/C13H14IN/c1-13(2,3)12(11(14)9-15)10-7-5-4-6-8-10/h4-8H,1-3H3/b12-11-. The van der Waals surface area contributed by atoms with Crippen LogP contribution >= 0.6 is 22.6 Å². The first-order valence-corrected chi connectivity index (χ1v) is 5.90. The quantitative estimate of drug-likeness (QED) is 0.557. The Bertz CT molecular complexity index is 404. The minimum Gasteiger partial charge on any atom is -0.192 e. The van der Waals surface area contributed by atoms with E-state index in [1.165, 1.54) is 0 Å². The number of nitrogens with zero attached hydrogens (tertiary/aromatic N) is 1. The smallest absolute Gasteiger partial charge is 0.106 e. The summed E-state index contributed by atoms with van der Waals surface area (Å²) >= 11 is 2.11. The molecule has 1 aromatic rings. The molecule has 2 heteroatoms. The van der Waals surface area contributed by atoms with Crippen molar-refractivity contribution in [2.75, 3.05) is 0 Å². The predicted molar refractivity (Wildman–Crippen MR) is 72.5 cm³/mol. The van der Waals surface area contributed by atoms with Crippen molar-refractivity contribution >= 4 is 28.2 Å². The van der Waals surface area contributed by atoms with Crippen molar-refractivity contribution < 1.29 is 0 Å². The Morgan fingerprint density at radius 3 is 2.13 bits per heavy atom. The Hall–Kier alpha value is -0.820. The predicted octanol–water partition coefficient (Wildman–Crippen LogP) is 4.40. The van der Waals surface area contributed by atoms with Crippen LogP contribution in [-0.4, -0.2) is 0 Å². The third kappa shape index (κ3) is 3.07. The van der Waals surface area contributed by atoms with Crippen molar-refractivity contribution in [1.82, 2.24) is 0 Å². The highest BCUT2D eigenvalue weighted by Crippen LogP contribution is 2.38. The second-order valence-corrected chi connectivity index (χ2v) is 5.50. The zero-order valence-electron chi connectivity index (χ0n) is 9.21. The van der Waals surface area contributed by atoms with E-state index in [1.807, 2.05) is 18.2 Å². The Morgan fingerprint density at radius 1 is 1.20 bits per heavy atom. The maximum absolute atomic E-state index is 9.01. The summed E-state index contributed by atoms with van der Waals surface area (Å²) in [4.78, 5) is 0. The summed E-state index contributed by atoms with van der Waals surface area (Å²) in [6.45, 7) is 6.39. The molecule has 0 unspecified atom stereocenters. The molecular weight excluding hydrogens is 297 g/mol. The fourth-order valence-corrected chi connectivity index (χ4v) is 2.67. The first-order chi connectivity index (χ1) is 6.96. The van der Waals surface area contributed by atoms with Gasteiger partial charge in [0.05, 0.1) is 3.58 Å². The normalized spacial score (nSPS) is 13.0. The largest absolute Gasteiger partial charge is 0.192 e. The van der Waals surface area contributed by atoms with E-state index < -0.39 is 0 Å². The molecule has 0 heterocycles. The molecule has 0 aliphatic carbocycles. The maximum Gasteiger partial charge on any atom is 0.106 e. The van der Waals surface area contributed by atoms with Crippen LogP contribution in [0.1, 0.15) is 26.3 Å². The van der Waals surface area contributed by atoms with E-state index in [1.54, 1.807) is 0 Å². The fraction of sp³-hybridized carbons (Fsp3) is 0.308.